The van der Waals surface area contributed by atoms with Crippen molar-refractivity contribution in [3.8, 4) is 5.75 Å². The first-order chi connectivity index (χ1) is 6.61. The van der Waals surface area contributed by atoms with Gasteiger partial charge in [-0.05, 0) is 18.6 Å². The molecule has 0 aliphatic rings. The number of aromatic hydroxyl groups is 1. The van der Waals surface area contributed by atoms with Crippen molar-refractivity contribution in [1.29, 1.82) is 0 Å². The number of aliphatic carboxylic acids is 1. The van der Waals surface area contributed by atoms with Gasteiger partial charge in [-0.2, -0.15) is 0 Å². The number of carboxylic acids is 1. The van der Waals surface area contributed by atoms with Crippen LogP contribution in [-0.2, 0) is 11.3 Å². The van der Waals surface area contributed by atoms with Crippen molar-refractivity contribution in [3.63, 3.8) is 0 Å². The van der Waals surface area contributed by atoms with E-state index < -0.39 is 11.5 Å². The zero-order valence-electron chi connectivity index (χ0n) is 7.51. The van der Waals surface area contributed by atoms with Crippen molar-refractivity contribution in [2.45, 2.75) is 19.4 Å². The van der Waals surface area contributed by atoms with Crippen LogP contribution in [0.2, 0.25) is 0 Å². The highest BCUT2D eigenvalue weighted by Gasteiger charge is 2.01. The number of carboxylic acid groups (broad SMARTS) is 1. The van der Waals surface area contributed by atoms with E-state index >= 15 is 0 Å². The second-order valence-corrected chi connectivity index (χ2v) is 2.89. The van der Waals surface area contributed by atoms with Crippen LogP contribution in [0.15, 0.2) is 23.1 Å². The number of pyridine rings is 1. The molecule has 1 heterocycles. The van der Waals surface area contributed by atoms with Gasteiger partial charge in [0, 0.05) is 19.2 Å². The monoisotopic (exact) mass is 197 g/mol. The first-order valence-corrected chi connectivity index (χ1v) is 4.21. The predicted molar refractivity (Wildman–Crippen MR) is 49.2 cm³/mol. The molecule has 0 aliphatic carbocycles. The van der Waals surface area contributed by atoms with Gasteiger partial charge in [0.1, 0.15) is 0 Å². The van der Waals surface area contributed by atoms with Gasteiger partial charge >= 0.3 is 5.97 Å². The maximum absolute atomic E-state index is 11.2. The van der Waals surface area contributed by atoms with Gasteiger partial charge in [-0.1, -0.05) is 0 Å². The van der Waals surface area contributed by atoms with Gasteiger partial charge in [-0.25, -0.2) is 0 Å². The molecule has 0 saturated carbocycles. The fraction of sp³-hybridized carbons (Fsp3) is 0.333. The maximum Gasteiger partial charge on any atom is 0.303 e. The third-order valence-corrected chi connectivity index (χ3v) is 1.79. The van der Waals surface area contributed by atoms with E-state index in [0.29, 0.717) is 13.0 Å². The van der Waals surface area contributed by atoms with Crippen LogP contribution in [0, 0.1) is 0 Å². The van der Waals surface area contributed by atoms with Gasteiger partial charge in [0.2, 0.25) is 0 Å². The van der Waals surface area contributed by atoms with Crippen molar-refractivity contribution in [3.05, 3.63) is 28.7 Å². The molecule has 0 radical (unpaired) electrons. The first-order valence-electron chi connectivity index (χ1n) is 4.21. The van der Waals surface area contributed by atoms with Crippen LogP contribution in [0.4, 0.5) is 0 Å². The van der Waals surface area contributed by atoms with Gasteiger partial charge in [0.25, 0.3) is 5.56 Å². The minimum atomic E-state index is -0.891. The summed E-state index contributed by atoms with van der Waals surface area (Å²) >= 11 is 0. The minimum Gasteiger partial charge on any atom is -0.503 e. The Morgan fingerprint density at radius 3 is 2.86 bits per heavy atom. The molecule has 76 valence electrons. The average Bonchev–Trinajstić information content (AvgIpc) is 2.12. The molecule has 14 heavy (non-hydrogen) atoms. The number of aromatic nitrogens is 1. The van der Waals surface area contributed by atoms with Gasteiger partial charge in [0.15, 0.2) is 5.75 Å². The fourth-order valence-electron chi connectivity index (χ4n) is 1.10. The molecular formula is C9H11NO4. The van der Waals surface area contributed by atoms with E-state index in [-0.39, 0.29) is 12.2 Å². The number of hydrogen-bond donors (Lipinski definition) is 2. The Labute approximate surface area is 80.2 Å². The lowest BCUT2D eigenvalue weighted by molar-refractivity contribution is -0.137. The Bertz CT molecular complexity index is 383. The van der Waals surface area contributed by atoms with Crippen LogP contribution in [0.5, 0.6) is 5.75 Å². The summed E-state index contributed by atoms with van der Waals surface area (Å²) in [4.78, 5) is 21.4. The Morgan fingerprint density at radius 1 is 1.50 bits per heavy atom. The number of carbonyl (C=O) groups is 1. The summed E-state index contributed by atoms with van der Waals surface area (Å²) in [5.74, 6) is -1.21. The summed E-state index contributed by atoms with van der Waals surface area (Å²) in [7, 11) is 0. The summed E-state index contributed by atoms with van der Waals surface area (Å²) in [6.07, 6.45) is 1.91. The van der Waals surface area contributed by atoms with E-state index in [2.05, 4.69) is 0 Å². The first kappa shape index (κ1) is 10.3. The molecule has 0 saturated heterocycles. The summed E-state index contributed by atoms with van der Waals surface area (Å²) in [5.41, 5.74) is -0.488. The average molecular weight is 197 g/mol. The number of aryl methyl sites for hydroxylation is 1. The molecule has 0 spiro atoms. The molecule has 1 aromatic heterocycles. The molecule has 5 nitrogen and oxygen atoms in total. The third kappa shape index (κ3) is 2.62. The van der Waals surface area contributed by atoms with Crippen LogP contribution in [-0.4, -0.2) is 20.7 Å². The van der Waals surface area contributed by atoms with Crippen LogP contribution < -0.4 is 5.56 Å². The summed E-state index contributed by atoms with van der Waals surface area (Å²) in [6.45, 7) is 0.305. The quantitative estimate of drug-likeness (QED) is 0.733. The molecule has 0 unspecified atom stereocenters. The molecule has 0 aromatic carbocycles. The Kier molecular flexibility index (Phi) is 3.28. The highest BCUT2D eigenvalue weighted by Crippen LogP contribution is 1.99. The Balaban J connectivity index is 2.64. The molecule has 1 rings (SSSR count). The Hall–Kier alpha value is -1.78. The zero-order chi connectivity index (χ0) is 10.6. The maximum atomic E-state index is 11.2. The van der Waals surface area contributed by atoms with Crippen molar-refractivity contribution in [1.82, 2.24) is 4.57 Å². The summed E-state index contributed by atoms with van der Waals surface area (Å²) in [5, 5.41) is 17.4. The highest BCUT2D eigenvalue weighted by atomic mass is 16.4. The second-order valence-electron chi connectivity index (χ2n) is 2.89. The lowest BCUT2D eigenvalue weighted by Crippen LogP contribution is -2.18. The van der Waals surface area contributed by atoms with E-state index in [0.717, 1.165) is 0 Å². The SMILES string of the molecule is O=C(O)CCCn1cccc(O)c1=O. The predicted octanol–water partition coefficient (Wildman–Crippen LogP) is 0.419. The molecular weight excluding hydrogens is 186 g/mol. The number of rotatable bonds is 4. The number of hydrogen-bond acceptors (Lipinski definition) is 3. The highest BCUT2D eigenvalue weighted by molar-refractivity contribution is 5.66. The molecule has 0 fully saturated rings. The lowest BCUT2D eigenvalue weighted by Gasteiger charge is -2.03. The fourth-order valence-corrected chi connectivity index (χ4v) is 1.10. The van der Waals surface area contributed by atoms with E-state index in [1.54, 1.807) is 0 Å². The normalized spacial score (nSPS) is 10.0. The molecule has 0 aliphatic heterocycles. The van der Waals surface area contributed by atoms with Crippen LogP contribution in [0.25, 0.3) is 0 Å². The van der Waals surface area contributed by atoms with Crippen molar-refractivity contribution < 1.29 is 15.0 Å². The van der Waals surface area contributed by atoms with E-state index in [1.165, 1.54) is 22.9 Å². The molecule has 0 bridgehead atoms. The van der Waals surface area contributed by atoms with Crippen molar-refractivity contribution in [2.24, 2.45) is 0 Å². The van der Waals surface area contributed by atoms with Crippen LogP contribution in [0.3, 0.4) is 0 Å². The van der Waals surface area contributed by atoms with Gasteiger partial charge < -0.3 is 14.8 Å². The molecule has 1 aromatic rings. The van der Waals surface area contributed by atoms with Crippen molar-refractivity contribution in [2.75, 3.05) is 0 Å². The molecule has 0 amide bonds. The molecule has 5 heteroatoms. The van der Waals surface area contributed by atoms with Gasteiger partial charge in [-0.3, -0.25) is 9.59 Å². The van der Waals surface area contributed by atoms with E-state index in [9.17, 15) is 9.59 Å². The third-order valence-electron chi connectivity index (χ3n) is 1.79. The lowest BCUT2D eigenvalue weighted by atomic mass is 10.3. The summed E-state index contributed by atoms with van der Waals surface area (Å²) in [6, 6.07) is 2.84. The second kappa shape index (κ2) is 4.45. The van der Waals surface area contributed by atoms with E-state index in [1.807, 2.05) is 0 Å². The largest absolute Gasteiger partial charge is 0.503 e. The van der Waals surface area contributed by atoms with Crippen molar-refractivity contribution >= 4 is 5.97 Å². The van der Waals surface area contributed by atoms with Gasteiger partial charge in [-0.15, -0.1) is 0 Å². The van der Waals surface area contributed by atoms with E-state index in [4.69, 9.17) is 10.2 Å². The molecule has 2 N–H and O–H groups in total. The topological polar surface area (TPSA) is 79.5 Å². The number of nitrogens with zero attached hydrogens (tertiary/aromatic N) is 1. The van der Waals surface area contributed by atoms with Gasteiger partial charge in [0.05, 0.1) is 0 Å². The smallest absolute Gasteiger partial charge is 0.303 e. The standard InChI is InChI=1S/C9H11NO4/c11-7-3-1-5-10(9(7)14)6-2-4-8(12)13/h1,3,5,11H,2,4,6H2,(H,12,13). The molecule has 0 atom stereocenters. The zero-order valence-corrected chi connectivity index (χ0v) is 7.51. The van der Waals surface area contributed by atoms with Crippen LogP contribution >= 0.6 is 0 Å². The Morgan fingerprint density at radius 2 is 2.21 bits per heavy atom. The minimum absolute atomic E-state index is 0.0160. The summed E-state index contributed by atoms with van der Waals surface area (Å²) < 4.78 is 1.29. The van der Waals surface area contributed by atoms with Crippen LogP contribution in [0.1, 0.15) is 12.8 Å².